The Kier molecular flexibility index (Phi) is 5.10. The second kappa shape index (κ2) is 6.40. The molecule has 1 aromatic carbocycles. The van der Waals surface area contributed by atoms with E-state index < -0.39 is 6.10 Å². The van der Waals surface area contributed by atoms with Gasteiger partial charge in [-0.05, 0) is 6.07 Å². The van der Waals surface area contributed by atoms with Crippen molar-refractivity contribution in [3.63, 3.8) is 0 Å². The second-order valence-corrected chi connectivity index (χ2v) is 3.22. The molecular weight excluding hydrogens is 194 g/mol. The first kappa shape index (κ1) is 12.0. The Morgan fingerprint density at radius 1 is 1.40 bits per heavy atom. The Morgan fingerprint density at radius 3 is 2.80 bits per heavy atom. The van der Waals surface area contributed by atoms with Gasteiger partial charge in [0.1, 0.15) is 5.75 Å². The van der Waals surface area contributed by atoms with Crippen molar-refractivity contribution in [3.8, 4) is 5.75 Å². The lowest BCUT2D eigenvalue weighted by Crippen LogP contribution is -2.25. The summed E-state index contributed by atoms with van der Waals surface area (Å²) in [4.78, 5) is 0. The zero-order chi connectivity index (χ0) is 11.1. The molecule has 0 aliphatic heterocycles. The second-order valence-electron chi connectivity index (χ2n) is 3.22. The van der Waals surface area contributed by atoms with Gasteiger partial charge >= 0.3 is 0 Å². The summed E-state index contributed by atoms with van der Waals surface area (Å²) in [6.45, 7) is 0.877. The summed E-state index contributed by atoms with van der Waals surface area (Å²) in [7, 11) is 1.62. The maximum atomic E-state index is 9.18. The predicted molar refractivity (Wildman–Crippen MR) is 57.7 cm³/mol. The van der Waals surface area contributed by atoms with E-state index in [1.165, 1.54) is 0 Å². The van der Waals surface area contributed by atoms with E-state index in [1.807, 2.05) is 24.3 Å². The van der Waals surface area contributed by atoms with Crippen LogP contribution in [0.5, 0.6) is 5.75 Å². The topological polar surface area (TPSA) is 64.7 Å². The summed E-state index contributed by atoms with van der Waals surface area (Å²) in [6.07, 6.45) is -0.597. The molecule has 1 atom stereocenters. The van der Waals surface area contributed by atoms with Crippen molar-refractivity contribution in [3.05, 3.63) is 29.8 Å². The Bertz CT molecular complexity index is 291. The van der Waals surface area contributed by atoms with Crippen LogP contribution in [0.2, 0.25) is 0 Å². The van der Waals surface area contributed by atoms with Gasteiger partial charge in [0.2, 0.25) is 0 Å². The molecule has 0 saturated heterocycles. The van der Waals surface area contributed by atoms with Gasteiger partial charge in [-0.25, -0.2) is 0 Å². The Balaban J connectivity index is 2.43. The molecule has 84 valence electrons. The van der Waals surface area contributed by atoms with E-state index in [1.54, 1.807) is 7.11 Å². The number of aliphatic hydroxyl groups excluding tert-OH is 1. The summed E-state index contributed by atoms with van der Waals surface area (Å²) in [5.74, 6) is 0.791. The smallest absolute Gasteiger partial charge is 0.124 e. The third kappa shape index (κ3) is 3.87. The minimum absolute atomic E-state index is 0.214. The van der Waals surface area contributed by atoms with Crippen LogP contribution >= 0.6 is 0 Å². The number of nitrogens with two attached hydrogens (primary N) is 1. The van der Waals surface area contributed by atoms with Gasteiger partial charge in [-0.15, -0.1) is 0 Å². The van der Waals surface area contributed by atoms with E-state index >= 15 is 0 Å². The van der Waals surface area contributed by atoms with Gasteiger partial charge in [0.15, 0.2) is 0 Å². The van der Waals surface area contributed by atoms with Crippen molar-refractivity contribution in [2.45, 2.75) is 12.7 Å². The molecule has 0 aromatic heterocycles. The predicted octanol–water partition coefficient (Wildman–Crippen LogP) is 0.531. The number of hydrogen-bond donors (Lipinski definition) is 2. The van der Waals surface area contributed by atoms with Crippen LogP contribution in [0.4, 0.5) is 0 Å². The van der Waals surface area contributed by atoms with Crippen molar-refractivity contribution < 1.29 is 14.6 Å². The summed E-state index contributed by atoms with van der Waals surface area (Å²) in [5, 5.41) is 9.18. The van der Waals surface area contributed by atoms with E-state index in [0.717, 1.165) is 11.3 Å². The highest BCUT2D eigenvalue weighted by atomic mass is 16.5. The van der Waals surface area contributed by atoms with Gasteiger partial charge in [0.05, 0.1) is 26.4 Å². The minimum Gasteiger partial charge on any atom is -0.496 e. The number of ether oxygens (including phenoxy) is 2. The number of aliphatic hydroxyl groups is 1. The lowest BCUT2D eigenvalue weighted by molar-refractivity contribution is 0.0322. The molecule has 4 heteroatoms. The molecule has 1 rings (SSSR count). The first-order valence-electron chi connectivity index (χ1n) is 4.85. The van der Waals surface area contributed by atoms with Crippen LogP contribution in [0, 0.1) is 0 Å². The van der Waals surface area contributed by atoms with E-state index in [-0.39, 0.29) is 13.2 Å². The van der Waals surface area contributed by atoms with Crippen molar-refractivity contribution in [2.75, 3.05) is 20.3 Å². The summed E-state index contributed by atoms with van der Waals surface area (Å²) < 4.78 is 10.5. The van der Waals surface area contributed by atoms with E-state index in [0.29, 0.717) is 6.61 Å². The molecule has 0 aliphatic carbocycles. The fourth-order valence-electron chi connectivity index (χ4n) is 1.20. The summed E-state index contributed by atoms with van der Waals surface area (Å²) >= 11 is 0. The van der Waals surface area contributed by atoms with E-state index in [9.17, 15) is 5.11 Å². The molecule has 15 heavy (non-hydrogen) atoms. The van der Waals surface area contributed by atoms with Crippen LogP contribution in [-0.4, -0.2) is 31.5 Å². The zero-order valence-corrected chi connectivity index (χ0v) is 8.85. The SMILES string of the molecule is COc1ccccc1COC[C@H](O)CN. The van der Waals surface area contributed by atoms with Crippen molar-refractivity contribution in [1.82, 2.24) is 0 Å². The first-order chi connectivity index (χ1) is 7.27. The summed E-state index contributed by atoms with van der Waals surface area (Å²) in [6, 6.07) is 7.61. The highest BCUT2D eigenvalue weighted by molar-refractivity contribution is 5.32. The highest BCUT2D eigenvalue weighted by Crippen LogP contribution is 2.17. The van der Waals surface area contributed by atoms with Gasteiger partial charge in [0.25, 0.3) is 0 Å². The lowest BCUT2D eigenvalue weighted by Gasteiger charge is -2.11. The van der Waals surface area contributed by atoms with Gasteiger partial charge in [-0.2, -0.15) is 0 Å². The molecule has 0 spiro atoms. The molecule has 4 nitrogen and oxygen atoms in total. The molecule has 0 unspecified atom stereocenters. The van der Waals surface area contributed by atoms with Crippen LogP contribution in [-0.2, 0) is 11.3 Å². The Labute approximate surface area is 89.6 Å². The normalized spacial score (nSPS) is 12.5. The van der Waals surface area contributed by atoms with Crippen molar-refractivity contribution in [2.24, 2.45) is 5.73 Å². The lowest BCUT2D eigenvalue weighted by atomic mass is 10.2. The van der Waals surface area contributed by atoms with Gasteiger partial charge < -0.3 is 20.3 Å². The third-order valence-electron chi connectivity index (χ3n) is 2.03. The third-order valence-corrected chi connectivity index (χ3v) is 2.03. The quantitative estimate of drug-likeness (QED) is 0.720. The fourth-order valence-corrected chi connectivity index (χ4v) is 1.20. The van der Waals surface area contributed by atoms with Gasteiger partial charge in [0, 0.05) is 12.1 Å². The summed E-state index contributed by atoms with van der Waals surface area (Å²) in [5.41, 5.74) is 6.22. The zero-order valence-electron chi connectivity index (χ0n) is 8.85. The number of benzene rings is 1. The van der Waals surface area contributed by atoms with Crippen molar-refractivity contribution in [1.29, 1.82) is 0 Å². The van der Waals surface area contributed by atoms with Crippen LogP contribution in [0.1, 0.15) is 5.56 Å². The first-order valence-corrected chi connectivity index (χ1v) is 4.85. The Morgan fingerprint density at radius 2 is 2.13 bits per heavy atom. The number of rotatable bonds is 6. The average molecular weight is 211 g/mol. The molecule has 0 amide bonds. The van der Waals surface area contributed by atoms with E-state index in [2.05, 4.69) is 0 Å². The fraction of sp³-hybridized carbons (Fsp3) is 0.455. The van der Waals surface area contributed by atoms with E-state index in [4.69, 9.17) is 15.2 Å². The van der Waals surface area contributed by atoms with Crippen LogP contribution in [0.25, 0.3) is 0 Å². The molecule has 0 radical (unpaired) electrons. The molecule has 1 aromatic rings. The molecule has 0 saturated carbocycles. The van der Waals surface area contributed by atoms with Crippen LogP contribution in [0.3, 0.4) is 0 Å². The highest BCUT2D eigenvalue weighted by Gasteiger charge is 2.04. The molecule has 0 bridgehead atoms. The van der Waals surface area contributed by atoms with Gasteiger partial charge in [-0.1, -0.05) is 18.2 Å². The number of para-hydroxylation sites is 1. The molecule has 0 heterocycles. The maximum Gasteiger partial charge on any atom is 0.124 e. The molecule has 3 N–H and O–H groups in total. The minimum atomic E-state index is -0.597. The van der Waals surface area contributed by atoms with Gasteiger partial charge in [-0.3, -0.25) is 0 Å². The monoisotopic (exact) mass is 211 g/mol. The molecular formula is C11H17NO3. The largest absolute Gasteiger partial charge is 0.496 e. The van der Waals surface area contributed by atoms with Crippen LogP contribution < -0.4 is 10.5 Å². The maximum absolute atomic E-state index is 9.18. The number of hydrogen-bond acceptors (Lipinski definition) is 4. The van der Waals surface area contributed by atoms with Crippen molar-refractivity contribution >= 4 is 0 Å². The average Bonchev–Trinajstić information content (AvgIpc) is 2.29. The molecule has 0 aliphatic rings. The standard InChI is InChI=1S/C11H17NO3/c1-14-11-5-3-2-4-9(11)7-15-8-10(13)6-12/h2-5,10,13H,6-8,12H2,1H3/t10-/m1/s1. The van der Waals surface area contributed by atoms with Crippen LogP contribution in [0.15, 0.2) is 24.3 Å². The number of methoxy groups -OCH3 is 1. The molecule has 0 fully saturated rings. The Hall–Kier alpha value is -1.10.